The number of rotatable bonds is 8. The van der Waals surface area contributed by atoms with Crippen LogP contribution in [0.3, 0.4) is 0 Å². The predicted octanol–water partition coefficient (Wildman–Crippen LogP) is 3.86. The summed E-state index contributed by atoms with van der Waals surface area (Å²) in [4.78, 5) is 28.1. The van der Waals surface area contributed by atoms with E-state index >= 15 is 0 Å². The molecular weight excluding hydrogens is 438 g/mol. The maximum atomic E-state index is 13.7. The van der Waals surface area contributed by atoms with Crippen LogP contribution in [0.5, 0.6) is 0 Å². The first-order valence-corrected chi connectivity index (χ1v) is 13.4. The molecule has 3 aromatic rings. The number of unbranched alkanes of at least 4 members (excludes halogenated alkanes) is 1. The molecule has 3 aliphatic rings. The summed E-state index contributed by atoms with van der Waals surface area (Å²) in [6.07, 6.45) is 9.75. The van der Waals surface area contributed by atoms with E-state index < -0.39 is 0 Å². The Balaban J connectivity index is 1.30. The number of nitrogens with zero attached hydrogens (tertiary/aromatic N) is 6. The number of aromatic nitrogens is 4. The Bertz CT molecular complexity index is 1240. The minimum Gasteiger partial charge on any atom is -0.366 e. The molecule has 1 aliphatic carbocycles. The number of hydrogen-bond donors (Lipinski definition) is 1. The maximum absolute atomic E-state index is 13.7. The van der Waals surface area contributed by atoms with Crippen LogP contribution in [-0.4, -0.2) is 62.8 Å². The van der Waals surface area contributed by atoms with Crippen molar-refractivity contribution in [2.45, 2.75) is 76.5 Å². The first-order chi connectivity index (χ1) is 17.1. The Hall–Kier alpha value is -2.87. The summed E-state index contributed by atoms with van der Waals surface area (Å²) in [5.74, 6) is 0.604. The number of likely N-dealkylation sites (N-methyl/N-ethyl adjacent to an activating group) is 1. The number of likely N-dealkylation sites (tertiary alicyclic amines) is 1. The lowest BCUT2D eigenvalue weighted by molar-refractivity contribution is 0.292. The first kappa shape index (κ1) is 22.6. The Labute approximate surface area is 207 Å². The van der Waals surface area contributed by atoms with Crippen LogP contribution in [0.4, 0.5) is 11.6 Å². The number of imidazole rings is 1. The van der Waals surface area contributed by atoms with Gasteiger partial charge in [-0.05, 0) is 50.4 Å². The van der Waals surface area contributed by atoms with E-state index in [1.165, 1.54) is 24.9 Å². The Morgan fingerprint density at radius 1 is 1.06 bits per heavy atom. The molecule has 2 aromatic heterocycles. The molecule has 1 saturated carbocycles. The molecule has 6 rings (SSSR count). The van der Waals surface area contributed by atoms with Crippen LogP contribution in [0, 0.1) is 0 Å². The smallest absolute Gasteiger partial charge is 0.330 e. The fourth-order valence-electron chi connectivity index (χ4n) is 6.34. The summed E-state index contributed by atoms with van der Waals surface area (Å²) in [7, 11) is 2.24. The number of fused-ring (bicyclic) bond motifs is 3. The van der Waals surface area contributed by atoms with Gasteiger partial charge in [-0.15, -0.1) is 0 Å². The van der Waals surface area contributed by atoms with Crippen LogP contribution < -0.4 is 15.9 Å². The maximum Gasteiger partial charge on any atom is 0.330 e. The molecular formula is C27H37N7O. The summed E-state index contributed by atoms with van der Waals surface area (Å²) < 4.78 is 3.81. The summed E-state index contributed by atoms with van der Waals surface area (Å²) in [5, 5.41) is 3.33. The van der Waals surface area contributed by atoms with Crippen molar-refractivity contribution in [1.29, 1.82) is 0 Å². The monoisotopic (exact) mass is 475 g/mol. The fraction of sp³-hybridized carbons (Fsp3) is 0.593. The Kier molecular flexibility index (Phi) is 6.00. The number of piperazine rings is 1. The summed E-state index contributed by atoms with van der Waals surface area (Å²) >= 11 is 0. The highest BCUT2D eigenvalue weighted by atomic mass is 16.1. The number of hydrogen-bond acceptors (Lipinski definition) is 6. The van der Waals surface area contributed by atoms with Crippen LogP contribution in [0.25, 0.3) is 11.2 Å². The molecule has 2 aliphatic heterocycles. The highest BCUT2D eigenvalue weighted by Gasteiger charge is 2.41. The van der Waals surface area contributed by atoms with E-state index in [-0.39, 0.29) is 11.7 Å². The molecule has 2 bridgehead atoms. The lowest BCUT2D eigenvalue weighted by atomic mass is 10.1. The molecule has 3 fully saturated rings. The van der Waals surface area contributed by atoms with Crippen LogP contribution in [0.15, 0.2) is 35.3 Å². The third-order valence-electron chi connectivity index (χ3n) is 8.33. The van der Waals surface area contributed by atoms with Gasteiger partial charge in [0.2, 0.25) is 5.95 Å². The SMILES string of the molecule is CCCCNc1ncc2c(n1)n(Cc1ccc(N3CC4CC3CN4C)cc1)c(=O)n2C1CCCC1. The highest BCUT2D eigenvalue weighted by molar-refractivity contribution is 5.72. The van der Waals surface area contributed by atoms with E-state index in [1.807, 2.05) is 15.3 Å². The fourth-order valence-corrected chi connectivity index (χ4v) is 6.34. The van der Waals surface area contributed by atoms with Crippen molar-refractivity contribution in [2.75, 3.05) is 36.9 Å². The molecule has 186 valence electrons. The predicted molar refractivity (Wildman–Crippen MR) is 140 cm³/mol. The molecule has 1 aromatic carbocycles. The van der Waals surface area contributed by atoms with Crippen molar-refractivity contribution in [3.63, 3.8) is 0 Å². The summed E-state index contributed by atoms with van der Waals surface area (Å²) in [6, 6.07) is 10.4. The standard InChI is InChI=1S/C27H37N7O/c1-3-4-13-28-26-29-15-24-25(30-26)33(27(35)34(24)21-7-5-6-8-21)16-19-9-11-20(12-10-19)32-18-22-14-23(32)17-31(22)2/h9-12,15,21-23H,3-8,13-14,16-18H2,1-2H3,(H,28,29,30). The summed E-state index contributed by atoms with van der Waals surface area (Å²) in [6.45, 7) is 5.79. The van der Waals surface area contributed by atoms with Crippen LogP contribution in [-0.2, 0) is 6.54 Å². The average molecular weight is 476 g/mol. The van der Waals surface area contributed by atoms with Crippen molar-refractivity contribution < 1.29 is 0 Å². The molecule has 2 saturated heterocycles. The third-order valence-corrected chi connectivity index (χ3v) is 8.33. The normalized spacial score (nSPS) is 22.6. The van der Waals surface area contributed by atoms with Gasteiger partial charge in [0.1, 0.15) is 5.52 Å². The molecule has 0 spiro atoms. The largest absolute Gasteiger partial charge is 0.366 e. The quantitative estimate of drug-likeness (QED) is 0.499. The third kappa shape index (κ3) is 4.11. The molecule has 0 radical (unpaired) electrons. The number of anilines is 2. The molecule has 35 heavy (non-hydrogen) atoms. The lowest BCUT2D eigenvalue weighted by Gasteiger charge is -2.33. The minimum atomic E-state index is 0.0378. The molecule has 8 nitrogen and oxygen atoms in total. The second-order valence-corrected chi connectivity index (χ2v) is 10.7. The second-order valence-electron chi connectivity index (χ2n) is 10.7. The lowest BCUT2D eigenvalue weighted by Crippen LogP contribution is -2.44. The van der Waals surface area contributed by atoms with Crippen LogP contribution in [0.1, 0.15) is 63.5 Å². The van der Waals surface area contributed by atoms with E-state index in [0.29, 0.717) is 24.6 Å². The van der Waals surface area contributed by atoms with Gasteiger partial charge in [0.25, 0.3) is 0 Å². The second kappa shape index (κ2) is 9.30. The van der Waals surface area contributed by atoms with Crippen molar-refractivity contribution >= 4 is 22.8 Å². The summed E-state index contributed by atoms with van der Waals surface area (Å²) in [5.41, 5.74) is 4.05. The van der Waals surface area contributed by atoms with Crippen LogP contribution in [0.2, 0.25) is 0 Å². The van der Waals surface area contributed by atoms with Crippen LogP contribution >= 0.6 is 0 Å². The van der Waals surface area contributed by atoms with Crippen molar-refractivity contribution in [2.24, 2.45) is 0 Å². The Morgan fingerprint density at radius 3 is 2.54 bits per heavy atom. The van der Waals surface area contributed by atoms with E-state index in [2.05, 4.69) is 58.3 Å². The number of nitrogens with one attached hydrogen (secondary N) is 1. The Morgan fingerprint density at radius 2 is 1.86 bits per heavy atom. The van der Waals surface area contributed by atoms with Crippen molar-refractivity contribution in [3.05, 3.63) is 46.5 Å². The molecule has 2 unspecified atom stereocenters. The van der Waals surface area contributed by atoms with Gasteiger partial charge in [-0.3, -0.25) is 14.0 Å². The van der Waals surface area contributed by atoms with E-state index in [1.54, 1.807) is 0 Å². The zero-order valence-electron chi connectivity index (χ0n) is 21.0. The highest BCUT2D eigenvalue weighted by Crippen LogP contribution is 2.34. The van der Waals surface area contributed by atoms with E-state index in [4.69, 9.17) is 4.98 Å². The first-order valence-electron chi connectivity index (χ1n) is 13.4. The topological polar surface area (TPSA) is 71.2 Å². The van der Waals surface area contributed by atoms with E-state index in [9.17, 15) is 4.79 Å². The van der Waals surface area contributed by atoms with Crippen molar-refractivity contribution in [3.8, 4) is 0 Å². The van der Waals surface area contributed by atoms with E-state index in [0.717, 1.165) is 62.0 Å². The molecule has 0 amide bonds. The van der Waals surface area contributed by atoms with Gasteiger partial charge < -0.3 is 10.2 Å². The molecule has 1 N–H and O–H groups in total. The van der Waals surface area contributed by atoms with Gasteiger partial charge in [0.15, 0.2) is 5.65 Å². The van der Waals surface area contributed by atoms with Gasteiger partial charge in [-0.2, -0.15) is 4.98 Å². The van der Waals surface area contributed by atoms with Gasteiger partial charge in [0.05, 0.1) is 12.7 Å². The van der Waals surface area contributed by atoms with Gasteiger partial charge in [-0.1, -0.05) is 38.3 Å². The van der Waals surface area contributed by atoms with Gasteiger partial charge in [0, 0.05) is 43.4 Å². The minimum absolute atomic E-state index is 0.0378. The molecule has 4 heterocycles. The average Bonchev–Trinajstić information content (AvgIpc) is 3.65. The van der Waals surface area contributed by atoms with Gasteiger partial charge in [-0.25, -0.2) is 9.78 Å². The zero-order chi connectivity index (χ0) is 23.9. The van der Waals surface area contributed by atoms with Crippen molar-refractivity contribution in [1.82, 2.24) is 24.0 Å². The van der Waals surface area contributed by atoms with Gasteiger partial charge >= 0.3 is 5.69 Å². The number of benzene rings is 1. The zero-order valence-corrected chi connectivity index (χ0v) is 21.0. The molecule has 8 heteroatoms. The molecule has 2 atom stereocenters.